The first-order chi connectivity index (χ1) is 14.6. The third-order valence-corrected chi connectivity index (χ3v) is 6.06. The molecule has 3 heterocycles. The topological polar surface area (TPSA) is 39.2 Å². The first-order valence-corrected chi connectivity index (χ1v) is 10.5. The van der Waals surface area contributed by atoms with Crippen molar-refractivity contribution >= 4 is 11.9 Å². The van der Waals surface area contributed by atoms with Crippen LogP contribution in [0.1, 0.15) is 23.1 Å². The van der Waals surface area contributed by atoms with Gasteiger partial charge < -0.3 is 4.90 Å². The van der Waals surface area contributed by atoms with E-state index in [4.69, 9.17) is 0 Å². The Labute approximate surface area is 176 Å². The lowest BCUT2D eigenvalue weighted by atomic mass is 9.99. The highest BCUT2D eigenvalue weighted by atomic mass is 19.1. The van der Waals surface area contributed by atoms with Crippen molar-refractivity contribution in [3.63, 3.8) is 0 Å². The number of aryl methyl sites for hydroxylation is 1. The summed E-state index contributed by atoms with van der Waals surface area (Å²) in [4.78, 5) is 24.2. The summed E-state index contributed by atoms with van der Waals surface area (Å²) in [5.74, 6) is 0.341. The van der Waals surface area contributed by atoms with Gasteiger partial charge in [-0.15, -0.1) is 0 Å². The van der Waals surface area contributed by atoms with Crippen molar-refractivity contribution in [2.75, 3.05) is 26.2 Å². The minimum absolute atomic E-state index is 0.0425. The zero-order valence-corrected chi connectivity index (χ0v) is 17.1. The average molecular weight is 404 g/mol. The van der Waals surface area contributed by atoms with Crippen molar-refractivity contribution in [2.45, 2.75) is 26.4 Å². The molecule has 0 aromatic heterocycles. The van der Waals surface area contributed by atoms with Crippen LogP contribution < -0.4 is 0 Å². The Morgan fingerprint density at radius 2 is 1.93 bits per heavy atom. The Morgan fingerprint density at radius 1 is 1.07 bits per heavy atom. The van der Waals surface area contributed by atoms with Crippen LogP contribution in [0.5, 0.6) is 0 Å². The standard InChI is InChI=1S/C24H25FN4O/c1-17-5-4-6-18(13-17)14-27-11-9-22-20(16-27)23(30)29(24-26-10-12-28(22)24)15-19-7-2-3-8-21(19)25/h2-8,13H,9-12,14-16H2,1H3. The second kappa shape index (κ2) is 7.69. The molecule has 0 aliphatic carbocycles. The lowest BCUT2D eigenvalue weighted by Gasteiger charge is -2.42. The third kappa shape index (κ3) is 3.41. The predicted octanol–water partition coefficient (Wildman–Crippen LogP) is 3.31. The number of fused-ring (bicyclic) bond motifs is 2. The summed E-state index contributed by atoms with van der Waals surface area (Å²) < 4.78 is 14.3. The van der Waals surface area contributed by atoms with Gasteiger partial charge in [0.25, 0.3) is 5.91 Å². The highest BCUT2D eigenvalue weighted by Crippen LogP contribution is 2.32. The number of amides is 1. The minimum Gasteiger partial charge on any atom is -0.314 e. The molecule has 0 saturated heterocycles. The molecule has 2 aromatic rings. The molecule has 5 nitrogen and oxygen atoms in total. The number of hydrogen-bond acceptors (Lipinski definition) is 4. The van der Waals surface area contributed by atoms with E-state index in [1.165, 1.54) is 17.2 Å². The number of carbonyl (C=O) groups excluding carboxylic acids is 1. The summed E-state index contributed by atoms with van der Waals surface area (Å²) in [6, 6.07) is 15.1. The Kier molecular flexibility index (Phi) is 4.87. The molecule has 0 fully saturated rings. The molecule has 0 radical (unpaired) electrons. The van der Waals surface area contributed by atoms with Gasteiger partial charge in [0.2, 0.25) is 5.96 Å². The highest BCUT2D eigenvalue weighted by molar-refractivity contribution is 6.09. The van der Waals surface area contributed by atoms with Gasteiger partial charge in [-0.3, -0.25) is 19.6 Å². The van der Waals surface area contributed by atoms with Crippen LogP contribution in [0.3, 0.4) is 0 Å². The molecule has 0 N–H and O–H groups in total. The van der Waals surface area contributed by atoms with E-state index in [0.29, 0.717) is 24.6 Å². The van der Waals surface area contributed by atoms with Crippen molar-refractivity contribution in [1.29, 1.82) is 0 Å². The zero-order valence-electron chi connectivity index (χ0n) is 17.1. The molecule has 3 aliphatic heterocycles. The van der Waals surface area contributed by atoms with E-state index < -0.39 is 0 Å². The first-order valence-electron chi connectivity index (χ1n) is 10.5. The molecular formula is C24H25FN4O. The minimum atomic E-state index is -0.292. The van der Waals surface area contributed by atoms with Gasteiger partial charge in [-0.2, -0.15) is 0 Å². The van der Waals surface area contributed by atoms with Crippen molar-refractivity contribution in [2.24, 2.45) is 4.99 Å². The Hall–Kier alpha value is -2.99. The molecule has 0 unspecified atom stereocenters. The number of carbonyl (C=O) groups is 1. The monoisotopic (exact) mass is 404 g/mol. The lowest BCUT2D eigenvalue weighted by Crippen LogP contribution is -2.53. The number of benzene rings is 2. The Bertz CT molecular complexity index is 1060. The highest BCUT2D eigenvalue weighted by Gasteiger charge is 2.41. The summed E-state index contributed by atoms with van der Waals surface area (Å²) in [5, 5.41) is 0. The van der Waals surface area contributed by atoms with E-state index in [-0.39, 0.29) is 18.3 Å². The SMILES string of the molecule is Cc1cccc(CN2CCC3=C(C2)C(=O)N(Cc2ccccc2F)C2=NCCN23)c1. The summed E-state index contributed by atoms with van der Waals surface area (Å²) in [6.07, 6.45) is 0.833. The molecular weight excluding hydrogens is 379 g/mol. The fourth-order valence-corrected chi connectivity index (χ4v) is 4.62. The molecule has 2 aromatic carbocycles. The number of guanidine groups is 1. The van der Waals surface area contributed by atoms with Gasteiger partial charge in [-0.1, -0.05) is 48.0 Å². The molecule has 0 atom stereocenters. The van der Waals surface area contributed by atoms with Crippen LogP contribution in [-0.2, 0) is 17.9 Å². The van der Waals surface area contributed by atoms with E-state index in [2.05, 4.69) is 46.0 Å². The first kappa shape index (κ1) is 19.0. The fourth-order valence-electron chi connectivity index (χ4n) is 4.62. The quantitative estimate of drug-likeness (QED) is 0.785. The normalized spacial score (nSPS) is 19.1. The van der Waals surface area contributed by atoms with E-state index in [9.17, 15) is 9.18 Å². The van der Waals surface area contributed by atoms with Crippen LogP contribution in [0.2, 0.25) is 0 Å². The van der Waals surface area contributed by atoms with E-state index in [0.717, 1.165) is 37.3 Å². The van der Waals surface area contributed by atoms with Gasteiger partial charge in [-0.05, 0) is 18.6 Å². The third-order valence-electron chi connectivity index (χ3n) is 6.06. The van der Waals surface area contributed by atoms with Gasteiger partial charge >= 0.3 is 0 Å². The average Bonchev–Trinajstić information content (AvgIpc) is 3.22. The molecule has 0 spiro atoms. The van der Waals surface area contributed by atoms with E-state index in [1.807, 2.05) is 0 Å². The maximum atomic E-state index is 14.3. The molecule has 6 heteroatoms. The predicted molar refractivity (Wildman–Crippen MR) is 114 cm³/mol. The second-order valence-corrected chi connectivity index (χ2v) is 8.19. The number of rotatable bonds is 4. The van der Waals surface area contributed by atoms with Gasteiger partial charge in [0.15, 0.2) is 0 Å². The Morgan fingerprint density at radius 3 is 2.77 bits per heavy atom. The van der Waals surface area contributed by atoms with Crippen molar-refractivity contribution < 1.29 is 9.18 Å². The van der Waals surface area contributed by atoms with E-state index >= 15 is 0 Å². The van der Waals surface area contributed by atoms with Crippen LogP contribution in [0, 0.1) is 12.7 Å². The molecule has 0 saturated carbocycles. The number of hydrogen-bond donors (Lipinski definition) is 0. The van der Waals surface area contributed by atoms with Crippen LogP contribution in [0.4, 0.5) is 4.39 Å². The fraction of sp³-hybridized carbons (Fsp3) is 0.333. The van der Waals surface area contributed by atoms with Crippen molar-refractivity contribution in [1.82, 2.24) is 14.7 Å². The van der Waals surface area contributed by atoms with Crippen LogP contribution in [-0.4, -0.2) is 52.7 Å². The van der Waals surface area contributed by atoms with Crippen molar-refractivity contribution in [3.05, 3.63) is 82.3 Å². The van der Waals surface area contributed by atoms with Crippen LogP contribution in [0.25, 0.3) is 0 Å². The largest absolute Gasteiger partial charge is 0.314 e. The maximum absolute atomic E-state index is 14.3. The zero-order chi connectivity index (χ0) is 20.7. The number of halogens is 1. The molecule has 5 rings (SSSR count). The van der Waals surface area contributed by atoms with Crippen molar-refractivity contribution in [3.8, 4) is 0 Å². The molecule has 154 valence electrons. The summed E-state index contributed by atoms with van der Waals surface area (Å²) in [7, 11) is 0. The molecule has 1 amide bonds. The lowest BCUT2D eigenvalue weighted by molar-refractivity contribution is -0.125. The smallest absolute Gasteiger partial charge is 0.259 e. The molecule has 0 bridgehead atoms. The van der Waals surface area contributed by atoms with Gasteiger partial charge in [0, 0.05) is 43.9 Å². The maximum Gasteiger partial charge on any atom is 0.259 e. The van der Waals surface area contributed by atoms with Gasteiger partial charge in [-0.25, -0.2) is 4.39 Å². The van der Waals surface area contributed by atoms with Gasteiger partial charge in [0.1, 0.15) is 5.82 Å². The number of nitrogens with zero attached hydrogens (tertiary/aromatic N) is 4. The van der Waals surface area contributed by atoms with Gasteiger partial charge in [0.05, 0.1) is 18.7 Å². The molecule has 3 aliphatic rings. The van der Waals surface area contributed by atoms with E-state index in [1.54, 1.807) is 23.1 Å². The number of aliphatic imine (C=N–C) groups is 1. The van der Waals surface area contributed by atoms with Crippen LogP contribution >= 0.6 is 0 Å². The summed E-state index contributed by atoms with van der Waals surface area (Å²) in [6.45, 7) is 6.10. The second-order valence-electron chi connectivity index (χ2n) is 8.19. The summed E-state index contributed by atoms with van der Waals surface area (Å²) in [5.41, 5.74) is 4.94. The Balaban J connectivity index is 1.41. The molecule has 30 heavy (non-hydrogen) atoms. The van der Waals surface area contributed by atoms with Crippen LogP contribution in [0.15, 0.2) is 64.8 Å². The summed E-state index contributed by atoms with van der Waals surface area (Å²) >= 11 is 0.